The largest absolute Gasteiger partial charge is 0.246 e. The summed E-state index contributed by atoms with van der Waals surface area (Å²) >= 11 is 0. The van der Waals surface area contributed by atoms with Crippen LogP contribution in [0.25, 0.3) is 0 Å². The lowest BCUT2D eigenvalue weighted by Crippen LogP contribution is -2.27. The SMILES string of the molecule is CN(Cc1cccc(C#N)c1)S(=O)(=O)c1ccccc1F. The first kappa shape index (κ1) is 15.2. The van der Waals surface area contributed by atoms with Gasteiger partial charge in [-0.25, -0.2) is 12.8 Å². The zero-order valence-corrected chi connectivity index (χ0v) is 12.1. The Morgan fingerprint density at radius 2 is 1.90 bits per heavy atom. The Hall–Kier alpha value is -2.23. The Morgan fingerprint density at radius 3 is 2.57 bits per heavy atom. The third kappa shape index (κ3) is 3.27. The van der Waals surface area contributed by atoms with E-state index in [0.717, 1.165) is 10.4 Å². The predicted octanol–water partition coefficient (Wildman–Crippen LogP) is 2.52. The van der Waals surface area contributed by atoms with E-state index in [-0.39, 0.29) is 11.4 Å². The Kier molecular flexibility index (Phi) is 4.36. The highest BCUT2D eigenvalue weighted by molar-refractivity contribution is 7.89. The lowest BCUT2D eigenvalue weighted by atomic mass is 10.1. The second-order valence-corrected chi connectivity index (χ2v) is 6.52. The molecule has 0 atom stereocenters. The van der Waals surface area contributed by atoms with Crippen LogP contribution in [0.4, 0.5) is 4.39 Å². The van der Waals surface area contributed by atoms with Crippen molar-refractivity contribution in [2.45, 2.75) is 11.4 Å². The molecule has 0 aliphatic carbocycles. The van der Waals surface area contributed by atoms with Gasteiger partial charge in [-0.05, 0) is 29.8 Å². The molecule has 0 saturated heterocycles. The summed E-state index contributed by atoms with van der Waals surface area (Å²) in [6.45, 7) is 0.0617. The minimum Gasteiger partial charge on any atom is -0.207 e. The fourth-order valence-electron chi connectivity index (χ4n) is 1.90. The van der Waals surface area contributed by atoms with Crippen LogP contribution in [0, 0.1) is 17.1 Å². The first-order valence-electron chi connectivity index (χ1n) is 6.15. The standard InChI is InChI=1S/C15H13FN2O2S/c1-18(11-13-6-4-5-12(9-13)10-17)21(19,20)15-8-3-2-7-14(15)16/h2-9H,11H2,1H3. The average Bonchev–Trinajstić information content (AvgIpc) is 2.47. The van der Waals surface area contributed by atoms with Gasteiger partial charge >= 0.3 is 0 Å². The maximum absolute atomic E-state index is 13.7. The number of halogens is 1. The molecule has 2 aromatic carbocycles. The quantitative estimate of drug-likeness (QED) is 0.872. The Bertz CT molecular complexity index is 797. The van der Waals surface area contributed by atoms with Crippen molar-refractivity contribution in [1.29, 1.82) is 5.26 Å². The molecule has 0 fully saturated rings. The van der Waals surface area contributed by atoms with E-state index < -0.39 is 15.8 Å². The zero-order valence-electron chi connectivity index (χ0n) is 11.3. The minimum absolute atomic E-state index is 0.0617. The number of hydrogen-bond donors (Lipinski definition) is 0. The highest BCUT2D eigenvalue weighted by atomic mass is 32.2. The molecule has 108 valence electrons. The van der Waals surface area contributed by atoms with Crippen LogP contribution in [0.5, 0.6) is 0 Å². The van der Waals surface area contributed by atoms with Crippen molar-refractivity contribution in [3.63, 3.8) is 0 Å². The van der Waals surface area contributed by atoms with Gasteiger partial charge in [0.1, 0.15) is 10.7 Å². The Morgan fingerprint density at radius 1 is 1.19 bits per heavy atom. The minimum atomic E-state index is -3.91. The molecule has 0 radical (unpaired) electrons. The summed E-state index contributed by atoms with van der Waals surface area (Å²) in [5.74, 6) is -0.782. The molecule has 0 bridgehead atoms. The zero-order chi connectivity index (χ0) is 15.5. The van der Waals surface area contributed by atoms with E-state index in [2.05, 4.69) is 0 Å². The normalized spacial score (nSPS) is 11.3. The van der Waals surface area contributed by atoms with E-state index in [0.29, 0.717) is 11.1 Å². The van der Waals surface area contributed by atoms with E-state index in [9.17, 15) is 12.8 Å². The van der Waals surface area contributed by atoms with Crippen molar-refractivity contribution in [1.82, 2.24) is 4.31 Å². The summed E-state index contributed by atoms with van der Waals surface area (Å²) in [6, 6.07) is 13.9. The van der Waals surface area contributed by atoms with Crippen LogP contribution in [-0.2, 0) is 16.6 Å². The van der Waals surface area contributed by atoms with Gasteiger partial charge in [-0.2, -0.15) is 9.57 Å². The maximum Gasteiger partial charge on any atom is 0.246 e. The van der Waals surface area contributed by atoms with Gasteiger partial charge in [0.2, 0.25) is 10.0 Å². The third-order valence-corrected chi connectivity index (χ3v) is 4.82. The second-order valence-electron chi connectivity index (χ2n) is 4.50. The molecule has 0 N–H and O–H groups in total. The van der Waals surface area contributed by atoms with Gasteiger partial charge in [-0.15, -0.1) is 0 Å². The first-order valence-corrected chi connectivity index (χ1v) is 7.59. The van der Waals surface area contributed by atoms with Crippen molar-refractivity contribution in [2.24, 2.45) is 0 Å². The van der Waals surface area contributed by atoms with Gasteiger partial charge in [0.15, 0.2) is 0 Å². The van der Waals surface area contributed by atoms with Gasteiger partial charge < -0.3 is 0 Å². The van der Waals surface area contributed by atoms with Gasteiger partial charge in [0, 0.05) is 13.6 Å². The number of benzene rings is 2. The maximum atomic E-state index is 13.7. The molecule has 2 rings (SSSR count). The summed E-state index contributed by atoms with van der Waals surface area (Å²) in [7, 11) is -2.54. The van der Waals surface area contributed by atoms with Crippen LogP contribution in [0.3, 0.4) is 0 Å². The molecule has 6 heteroatoms. The topological polar surface area (TPSA) is 61.2 Å². The molecule has 21 heavy (non-hydrogen) atoms. The first-order chi connectivity index (χ1) is 9.95. The molecule has 4 nitrogen and oxygen atoms in total. The summed E-state index contributed by atoms with van der Waals surface area (Å²) in [6.07, 6.45) is 0. The molecule has 0 aliphatic rings. The van der Waals surface area contributed by atoms with Crippen LogP contribution >= 0.6 is 0 Å². The van der Waals surface area contributed by atoms with Crippen molar-refractivity contribution >= 4 is 10.0 Å². The van der Waals surface area contributed by atoms with Crippen molar-refractivity contribution in [2.75, 3.05) is 7.05 Å². The molecule has 0 heterocycles. The van der Waals surface area contributed by atoms with E-state index in [1.807, 2.05) is 6.07 Å². The number of rotatable bonds is 4. The number of nitriles is 1. The summed E-state index contributed by atoms with van der Waals surface area (Å²) in [5.41, 5.74) is 1.11. The van der Waals surface area contributed by atoms with E-state index in [1.165, 1.54) is 25.2 Å². The van der Waals surface area contributed by atoms with Crippen LogP contribution in [0.2, 0.25) is 0 Å². The molecule has 0 unspecified atom stereocenters. The number of nitrogens with zero attached hydrogens (tertiary/aromatic N) is 2. The molecule has 0 amide bonds. The van der Waals surface area contributed by atoms with Gasteiger partial charge in [-0.3, -0.25) is 0 Å². The van der Waals surface area contributed by atoms with Crippen LogP contribution in [-0.4, -0.2) is 19.8 Å². The Labute approximate surface area is 123 Å². The third-order valence-electron chi connectivity index (χ3n) is 2.99. The van der Waals surface area contributed by atoms with Crippen molar-refractivity contribution in [3.8, 4) is 6.07 Å². The van der Waals surface area contributed by atoms with Crippen LogP contribution < -0.4 is 0 Å². The van der Waals surface area contributed by atoms with Crippen LogP contribution in [0.1, 0.15) is 11.1 Å². The highest BCUT2D eigenvalue weighted by Crippen LogP contribution is 2.19. The lowest BCUT2D eigenvalue weighted by Gasteiger charge is -2.17. The summed E-state index contributed by atoms with van der Waals surface area (Å²) < 4.78 is 39.4. The smallest absolute Gasteiger partial charge is 0.207 e. The van der Waals surface area contributed by atoms with Gasteiger partial charge in [0.25, 0.3) is 0 Å². The lowest BCUT2D eigenvalue weighted by molar-refractivity contribution is 0.460. The van der Waals surface area contributed by atoms with E-state index >= 15 is 0 Å². The Balaban J connectivity index is 2.29. The predicted molar refractivity (Wildman–Crippen MR) is 76.2 cm³/mol. The van der Waals surface area contributed by atoms with E-state index in [1.54, 1.807) is 24.3 Å². The average molecular weight is 304 g/mol. The number of sulfonamides is 1. The molecule has 0 aliphatic heterocycles. The molecular weight excluding hydrogens is 291 g/mol. The van der Waals surface area contributed by atoms with E-state index in [4.69, 9.17) is 5.26 Å². The second kappa shape index (κ2) is 6.04. The highest BCUT2D eigenvalue weighted by Gasteiger charge is 2.24. The fraction of sp³-hybridized carbons (Fsp3) is 0.133. The molecular formula is C15H13FN2O2S. The van der Waals surface area contributed by atoms with Gasteiger partial charge in [-0.1, -0.05) is 24.3 Å². The summed E-state index contributed by atoms with van der Waals surface area (Å²) in [4.78, 5) is -0.357. The molecule has 0 saturated carbocycles. The van der Waals surface area contributed by atoms with Gasteiger partial charge in [0.05, 0.1) is 11.6 Å². The molecule has 0 spiro atoms. The number of hydrogen-bond acceptors (Lipinski definition) is 3. The molecule has 0 aromatic heterocycles. The van der Waals surface area contributed by atoms with Crippen molar-refractivity contribution in [3.05, 3.63) is 65.5 Å². The van der Waals surface area contributed by atoms with Crippen molar-refractivity contribution < 1.29 is 12.8 Å². The summed E-state index contributed by atoms with van der Waals surface area (Å²) in [5, 5.41) is 8.84. The fourth-order valence-corrected chi connectivity index (χ4v) is 3.12. The van der Waals surface area contributed by atoms with Crippen LogP contribution in [0.15, 0.2) is 53.4 Å². The molecule has 2 aromatic rings. The monoisotopic (exact) mass is 304 g/mol.